The normalized spacial score (nSPS) is 12.8. The van der Waals surface area contributed by atoms with E-state index in [0.717, 1.165) is 0 Å². The fraction of sp³-hybridized carbons (Fsp3) is 0.125. The lowest BCUT2D eigenvalue weighted by atomic mass is 10.1. The third-order valence-electron chi connectivity index (χ3n) is 3.20. The van der Waals surface area contributed by atoms with E-state index in [9.17, 15) is 4.39 Å². The maximum Gasteiger partial charge on any atom is 0.127 e. The molecular formula is C16H11BrClFS. The molecule has 20 heavy (non-hydrogen) atoms. The molecule has 102 valence electrons. The Hall–Kier alpha value is -0.900. The van der Waals surface area contributed by atoms with Gasteiger partial charge in [-0.05, 0) is 36.1 Å². The van der Waals surface area contributed by atoms with Crippen LogP contribution < -0.4 is 0 Å². The molecule has 0 aliphatic carbocycles. The minimum Gasteiger partial charge on any atom is -0.207 e. The summed E-state index contributed by atoms with van der Waals surface area (Å²) in [5.41, 5.74) is 0.563. The maximum absolute atomic E-state index is 13.8. The Kier molecular flexibility index (Phi) is 4.11. The summed E-state index contributed by atoms with van der Waals surface area (Å²) in [6.07, 6.45) is 0.540. The largest absolute Gasteiger partial charge is 0.207 e. The van der Waals surface area contributed by atoms with Gasteiger partial charge in [0.2, 0.25) is 0 Å². The first-order valence-electron chi connectivity index (χ1n) is 6.20. The molecule has 1 atom stereocenters. The fourth-order valence-electron chi connectivity index (χ4n) is 2.16. The summed E-state index contributed by atoms with van der Waals surface area (Å²) in [5.74, 6) is -0.247. The van der Waals surface area contributed by atoms with E-state index in [4.69, 9.17) is 11.6 Å². The number of halogens is 3. The number of hydrogen-bond acceptors (Lipinski definition) is 1. The van der Waals surface area contributed by atoms with Crippen molar-refractivity contribution in [3.8, 4) is 0 Å². The highest BCUT2D eigenvalue weighted by atomic mass is 79.9. The van der Waals surface area contributed by atoms with Gasteiger partial charge in [-0.25, -0.2) is 4.39 Å². The van der Waals surface area contributed by atoms with Crippen LogP contribution in [0.2, 0.25) is 5.02 Å². The van der Waals surface area contributed by atoms with Gasteiger partial charge in [-0.15, -0.1) is 11.3 Å². The Labute approximate surface area is 134 Å². The molecule has 0 N–H and O–H groups in total. The highest BCUT2D eigenvalue weighted by Crippen LogP contribution is 2.37. The number of alkyl halides is 1. The summed E-state index contributed by atoms with van der Waals surface area (Å²) in [6.45, 7) is 0. The zero-order valence-corrected chi connectivity index (χ0v) is 13.6. The second-order valence-electron chi connectivity index (χ2n) is 4.56. The SMILES string of the molecule is Fc1cccc(Cl)c1CC(Br)c1cc2ccccc2s1. The number of fused-ring (bicyclic) bond motifs is 1. The number of thiophene rings is 1. The van der Waals surface area contributed by atoms with Crippen molar-refractivity contribution in [2.24, 2.45) is 0 Å². The minimum absolute atomic E-state index is 0.0642. The van der Waals surface area contributed by atoms with Crippen LogP contribution in [0, 0.1) is 5.82 Å². The van der Waals surface area contributed by atoms with Crippen LogP contribution in [-0.2, 0) is 6.42 Å². The van der Waals surface area contributed by atoms with Gasteiger partial charge < -0.3 is 0 Å². The van der Waals surface area contributed by atoms with Gasteiger partial charge in [0.1, 0.15) is 5.82 Å². The average molecular weight is 370 g/mol. The molecule has 0 radical (unpaired) electrons. The summed E-state index contributed by atoms with van der Waals surface area (Å²) < 4.78 is 15.1. The lowest BCUT2D eigenvalue weighted by molar-refractivity contribution is 0.609. The minimum atomic E-state index is -0.247. The van der Waals surface area contributed by atoms with E-state index in [1.807, 2.05) is 12.1 Å². The Morgan fingerprint density at radius 3 is 2.70 bits per heavy atom. The van der Waals surface area contributed by atoms with Gasteiger partial charge in [-0.3, -0.25) is 0 Å². The Balaban J connectivity index is 1.91. The van der Waals surface area contributed by atoms with Crippen LogP contribution in [0.3, 0.4) is 0 Å². The quantitative estimate of drug-likeness (QED) is 0.470. The molecule has 3 rings (SSSR count). The summed E-state index contributed by atoms with van der Waals surface area (Å²) in [5, 5.41) is 1.70. The first kappa shape index (κ1) is 14.1. The summed E-state index contributed by atoms with van der Waals surface area (Å²) in [4.78, 5) is 1.25. The van der Waals surface area contributed by atoms with Gasteiger partial charge in [0.25, 0.3) is 0 Å². The van der Waals surface area contributed by atoms with Gasteiger partial charge in [0, 0.05) is 20.2 Å². The standard InChI is InChI=1S/C16H11BrClFS/c17-12(9-11-13(18)5-3-6-14(11)19)16-8-10-4-1-2-7-15(10)20-16/h1-8,12H,9H2. The van der Waals surface area contributed by atoms with Gasteiger partial charge in [-0.2, -0.15) is 0 Å². The molecule has 0 bridgehead atoms. The van der Waals surface area contributed by atoms with E-state index >= 15 is 0 Å². The first-order chi connectivity index (χ1) is 9.65. The predicted octanol–water partition coefficient (Wildman–Crippen LogP) is 6.37. The van der Waals surface area contributed by atoms with Crippen molar-refractivity contribution in [2.45, 2.75) is 11.2 Å². The molecule has 2 aromatic carbocycles. The van der Waals surface area contributed by atoms with Gasteiger partial charge in [0.05, 0.1) is 4.83 Å². The molecule has 0 fully saturated rings. The predicted molar refractivity (Wildman–Crippen MR) is 88.6 cm³/mol. The fourth-order valence-corrected chi connectivity index (χ4v) is 4.18. The summed E-state index contributed by atoms with van der Waals surface area (Å²) in [7, 11) is 0. The number of benzene rings is 2. The van der Waals surface area contributed by atoms with Gasteiger partial charge in [0.15, 0.2) is 0 Å². The highest BCUT2D eigenvalue weighted by molar-refractivity contribution is 9.09. The Bertz CT molecular complexity index is 700. The molecule has 3 aromatic rings. The molecule has 0 spiro atoms. The van der Waals surface area contributed by atoms with Crippen molar-refractivity contribution in [2.75, 3.05) is 0 Å². The molecule has 0 nitrogen and oxygen atoms in total. The van der Waals surface area contributed by atoms with E-state index in [0.29, 0.717) is 17.0 Å². The van der Waals surface area contributed by atoms with Crippen LogP contribution in [0.25, 0.3) is 10.1 Å². The second-order valence-corrected chi connectivity index (χ2v) is 7.19. The Morgan fingerprint density at radius 1 is 1.15 bits per heavy atom. The van der Waals surface area contributed by atoms with Crippen LogP contribution in [0.4, 0.5) is 4.39 Å². The van der Waals surface area contributed by atoms with Gasteiger partial charge in [-0.1, -0.05) is 51.8 Å². The Morgan fingerprint density at radius 2 is 1.95 bits per heavy atom. The molecule has 0 aliphatic rings. The van der Waals surface area contributed by atoms with E-state index < -0.39 is 0 Å². The smallest absolute Gasteiger partial charge is 0.127 e. The third-order valence-corrected chi connectivity index (χ3v) is 5.90. The van der Waals surface area contributed by atoms with Crippen molar-refractivity contribution in [3.63, 3.8) is 0 Å². The van der Waals surface area contributed by atoms with E-state index in [-0.39, 0.29) is 10.6 Å². The van der Waals surface area contributed by atoms with E-state index in [1.165, 1.54) is 21.0 Å². The monoisotopic (exact) mass is 368 g/mol. The number of rotatable bonds is 3. The number of hydrogen-bond donors (Lipinski definition) is 0. The van der Waals surface area contributed by atoms with Crippen LogP contribution in [0.1, 0.15) is 15.3 Å². The molecule has 0 saturated heterocycles. The van der Waals surface area contributed by atoms with Crippen molar-refractivity contribution in [3.05, 3.63) is 69.8 Å². The van der Waals surface area contributed by atoms with Crippen molar-refractivity contribution in [1.29, 1.82) is 0 Å². The topological polar surface area (TPSA) is 0 Å². The zero-order valence-electron chi connectivity index (χ0n) is 10.4. The molecule has 0 saturated carbocycles. The van der Waals surface area contributed by atoms with E-state index in [2.05, 4.69) is 34.1 Å². The molecule has 0 amide bonds. The summed E-state index contributed by atoms with van der Waals surface area (Å²) in [6, 6.07) is 15.2. The van der Waals surface area contributed by atoms with Crippen LogP contribution in [0.15, 0.2) is 48.5 Å². The molecule has 1 heterocycles. The molecule has 1 unspecified atom stereocenters. The van der Waals surface area contributed by atoms with Crippen LogP contribution in [-0.4, -0.2) is 0 Å². The van der Waals surface area contributed by atoms with Crippen LogP contribution in [0.5, 0.6) is 0 Å². The lowest BCUT2D eigenvalue weighted by Gasteiger charge is -2.10. The summed E-state index contributed by atoms with van der Waals surface area (Å²) >= 11 is 11.5. The molecular weight excluding hydrogens is 359 g/mol. The lowest BCUT2D eigenvalue weighted by Crippen LogP contribution is -1.97. The second kappa shape index (κ2) is 5.84. The van der Waals surface area contributed by atoms with Gasteiger partial charge >= 0.3 is 0 Å². The average Bonchev–Trinajstić information content (AvgIpc) is 2.87. The highest BCUT2D eigenvalue weighted by Gasteiger charge is 2.16. The third kappa shape index (κ3) is 2.76. The van der Waals surface area contributed by atoms with Crippen molar-refractivity contribution < 1.29 is 4.39 Å². The maximum atomic E-state index is 13.8. The van der Waals surface area contributed by atoms with Crippen molar-refractivity contribution in [1.82, 2.24) is 0 Å². The van der Waals surface area contributed by atoms with E-state index in [1.54, 1.807) is 23.5 Å². The van der Waals surface area contributed by atoms with Crippen molar-refractivity contribution >= 4 is 49.0 Å². The van der Waals surface area contributed by atoms with Crippen LogP contribution >= 0.6 is 38.9 Å². The molecule has 1 aromatic heterocycles. The first-order valence-corrected chi connectivity index (χ1v) is 8.31. The zero-order chi connectivity index (χ0) is 14.1. The molecule has 4 heteroatoms. The molecule has 0 aliphatic heterocycles.